The maximum atomic E-state index is 13.0. The summed E-state index contributed by atoms with van der Waals surface area (Å²) in [6.07, 6.45) is 3.51. The molecule has 1 saturated carbocycles. The molecule has 3 rings (SSSR count). The fraction of sp³-hybridized carbons (Fsp3) is 0.571. The van der Waals surface area contributed by atoms with Crippen molar-refractivity contribution in [3.8, 4) is 0 Å². The second-order valence-corrected chi connectivity index (χ2v) is 9.18. The quantitative estimate of drug-likeness (QED) is 0.627. The van der Waals surface area contributed by atoms with E-state index >= 15 is 0 Å². The number of carbonyl (C=O) groups excluding carboxylic acids is 2. The highest BCUT2D eigenvalue weighted by molar-refractivity contribution is 7.16. The maximum Gasteiger partial charge on any atom is 0.307 e. The number of thiophene rings is 1. The fourth-order valence-electron chi connectivity index (χ4n) is 3.85. The third-order valence-corrected chi connectivity index (χ3v) is 6.92. The van der Waals surface area contributed by atoms with Crippen molar-refractivity contribution in [1.29, 1.82) is 0 Å². The molecule has 2 amide bonds. The Balaban J connectivity index is 1.87. The number of rotatable bonds is 6. The van der Waals surface area contributed by atoms with E-state index in [0.29, 0.717) is 29.8 Å². The normalized spacial score (nSPS) is 22.1. The van der Waals surface area contributed by atoms with Crippen molar-refractivity contribution in [3.05, 3.63) is 27.2 Å². The molecular weight excluding hydrogens is 376 g/mol. The molecule has 0 aromatic carbocycles. The predicted molar refractivity (Wildman–Crippen MR) is 110 cm³/mol. The third-order valence-electron chi connectivity index (χ3n) is 5.86. The van der Waals surface area contributed by atoms with Gasteiger partial charge in [-0.05, 0) is 58.4 Å². The average Bonchev–Trinajstić information content (AvgIpc) is 3.38. The molecule has 0 unspecified atom stereocenters. The summed E-state index contributed by atoms with van der Waals surface area (Å²) in [5, 5.41) is 16.0. The molecule has 28 heavy (non-hydrogen) atoms. The highest BCUT2D eigenvalue weighted by Crippen LogP contribution is 2.38. The van der Waals surface area contributed by atoms with Crippen LogP contribution in [0.1, 0.15) is 67.3 Å². The highest BCUT2D eigenvalue weighted by atomic mass is 32.1. The van der Waals surface area contributed by atoms with Crippen LogP contribution in [0.5, 0.6) is 0 Å². The van der Waals surface area contributed by atoms with E-state index in [0.717, 1.165) is 34.4 Å². The van der Waals surface area contributed by atoms with Crippen LogP contribution in [0.4, 0.5) is 5.00 Å². The average molecular weight is 405 g/mol. The molecule has 2 aliphatic rings. The van der Waals surface area contributed by atoms with Crippen molar-refractivity contribution in [3.63, 3.8) is 0 Å². The van der Waals surface area contributed by atoms with E-state index in [1.165, 1.54) is 11.3 Å². The van der Waals surface area contributed by atoms with Crippen LogP contribution in [0.25, 0.3) is 0 Å². The zero-order chi connectivity index (χ0) is 20.6. The lowest BCUT2D eigenvalue weighted by Gasteiger charge is -2.29. The zero-order valence-electron chi connectivity index (χ0n) is 16.8. The highest BCUT2D eigenvalue weighted by Gasteiger charge is 2.38. The smallest absolute Gasteiger partial charge is 0.307 e. The summed E-state index contributed by atoms with van der Waals surface area (Å²) in [6.45, 7) is 7.82. The van der Waals surface area contributed by atoms with Gasteiger partial charge in [0.1, 0.15) is 5.00 Å². The fourth-order valence-corrected chi connectivity index (χ4v) is 5.00. The minimum Gasteiger partial charge on any atom is -0.481 e. The van der Waals surface area contributed by atoms with Gasteiger partial charge in [0.25, 0.3) is 5.91 Å². The number of allylic oxidation sites excluding steroid dienone is 2. The Morgan fingerprint density at radius 3 is 2.21 bits per heavy atom. The zero-order valence-corrected chi connectivity index (χ0v) is 17.7. The van der Waals surface area contributed by atoms with Gasteiger partial charge in [0.05, 0.1) is 17.4 Å². The van der Waals surface area contributed by atoms with Crippen molar-refractivity contribution in [2.75, 3.05) is 5.32 Å². The number of hydrogen-bond donors (Lipinski definition) is 3. The van der Waals surface area contributed by atoms with Gasteiger partial charge in [0, 0.05) is 10.9 Å². The number of nitrogens with one attached hydrogen (secondary N) is 2. The van der Waals surface area contributed by atoms with E-state index in [2.05, 4.69) is 10.6 Å². The first-order valence-electron chi connectivity index (χ1n) is 9.84. The second kappa shape index (κ2) is 8.07. The molecule has 0 saturated heterocycles. The first-order chi connectivity index (χ1) is 13.2. The van der Waals surface area contributed by atoms with Gasteiger partial charge in [-0.15, -0.1) is 11.3 Å². The lowest BCUT2D eigenvalue weighted by Crippen LogP contribution is -2.37. The molecular formula is C21H28N2O4S. The summed E-state index contributed by atoms with van der Waals surface area (Å²) in [5.41, 5.74) is 3.60. The molecule has 2 atom stereocenters. The van der Waals surface area contributed by atoms with Crippen molar-refractivity contribution < 1.29 is 19.5 Å². The molecule has 1 heterocycles. The van der Waals surface area contributed by atoms with E-state index in [4.69, 9.17) is 0 Å². The number of aryl methyl sites for hydroxylation is 1. The molecule has 6 nitrogen and oxygen atoms in total. The van der Waals surface area contributed by atoms with Crippen LogP contribution >= 0.6 is 11.3 Å². The monoisotopic (exact) mass is 404 g/mol. The van der Waals surface area contributed by atoms with E-state index in [1.54, 1.807) is 0 Å². The maximum absolute atomic E-state index is 13.0. The van der Waals surface area contributed by atoms with E-state index < -0.39 is 17.8 Å². The molecule has 2 aliphatic carbocycles. The van der Waals surface area contributed by atoms with Gasteiger partial charge in [-0.25, -0.2) is 0 Å². The summed E-state index contributed by atoms with van der Waals surface area (Å²) in [5.74, 6) is -2.78. The van der Waals surface area contributed by atoms with Crippen LogP contribution in [-0.4, -0.2) is 28.9 Å². The molecule has 1 aromatic heterocycles. The van der Waals surface area contributed by atoms with Crippen LogP contribution in [0.2, 0.25) is 0 Å². The van der Waals surface area contributed by atoms with Gasteiger partial charge < -0.3 is 15.7 Å². The number of carboxylic acids is 1. The summed E-state index contributed by atoms with van der Waals surface area (Å²) in [7, 11) is 0. The summed E-state index contributed by atoms with van der Waals surface area (Å²) in [6, 6.07) is 0.228. The number of hydrogen-bond acceptors (Lipinski definition) is 4. The Labute approximate surface area is 169 Å². The van der Waals surface area contributed by atoms with Crippen LogP contribution < -0.4 is 10.6 Å². The molecule has 0 radical (unpaired) electrons. The number of carboxylic acid groups (broad SMARTS) is 1. The van der Waals surface area contributed by atoms with Gasteiger partial charge in [0.15, 0.2) is 0 Å². The summed E-state index contributed by atoms with van der Waals surface area (Å²) in [4.78, 5) is 38.5. The van der Waals surface area contributed by atoms with Crippen LogP contribution in [0.15, 0.2) is 11.1 Å². The number of anilines is 1. The van der Waals surface area contributed by atoms with E-state index in [-0.39, 0.29) is 17.9 Å². The Hall–Kier alpha value is -2.15. The van der Waals surface area contributed by atoms with Crippen molar-refractivity contribution >= 4 is 34.1 Å². The second-order valence-electron chi connectivity index (χ2n) is 7.95. The lowest BCUT2D eigenvalue weighted by molar-refractivity contribution is -0.146. The van der Waals surface area contributed by atoms with Gasteiger partial charge in [-0.3, -0.25) is 14.4 Å². The van der Waals surface area contributed by atoms with Gasteiger partial charge in [-0.1, -0.05) is 18.1 Å². The van der Waals surface area contributed by atoms with Gasteiger partial charge in [0.2, 0.25) is 5.91 Å². The lowest BCUT2D eigenvalue weighted by atomic mass is 9.76. The Bertz CT molecular complexity index is 851. The van der Waals surface area contributed by atoms with Crippen LogP contribution in [0.3, 0.4) is 0 Å². The van der Waals surface area contributed by atoms with Crippen LogP contribution in [0, 0.1) is 18.8 Å². The Kier molecular flexibility index (Phi) is 5.93. The summed E-state index contributed by atoms with van der Waals surface area (Å²) >= 11 is 1.39. The third kappa shape index (κ3) is 4.14. The SMILES string of the molecule is CCc1c(C)sc(NC(=O)[C@@H]2CC(C)=C(C)C[C@@H]2C(=O)O)c1C(=O)NC1CC1. The van der Waals surface area contributed by atoms with Crippen molar-refractivity contribution in [1.82, 2.24) is 5.32 Å². The van der Waals surface area contributed by atoms with Gasteiger partial charge >= 0.3 is 5.97 Å². The molecule has 0 aliphatic heterocycles. The number of carbonyl (C=O) groups is 3. The molecule has 1 fully saturated rings. The largest absolute Gasteiger partial charge is 0.481 e. The van der Waals surface area contributed by atoms with Crippen molar-refractivity contribution in [2.24, 2.45) is 11.8 Å². The minimum absolute atomic E-state index is 0.149. The standard InChI is InChI=1S/C21H28N2O4S/c1-5-14-12(4)28-20(17(14)19(25)22-13-6-7-13)23-18(24)15-8-10(2)11(3)9-16(15)21(26)27/h13,15-16H,5-9H2,1-4H3,(H,22,25)(H,23,24)(H,26,27)/t15-,16+/m1/s1. The first kappa shape index (κ1) is 20.6. The Morgan fingerprint density at radius 1 is 1.07 bits per heavy atom. The molecule has 7 heteroatoms. The molecule has 1 aromatic rings. The Morgan fingerprint density at radius 2 is 1.68 bits per heavy atom. The van der Waals surface area contributed by atoms with Gasteiger partial charge in [-0.2, -0.15) is 0 Å². The predicted octanol–water partition coefficient (Wildman–Crippen LogP) is 3.90. The minimum atomic E-state index is -0.949. The number of aliphatic carboxylic acids is 1. The molecule has 3 N–H and O–H groups in total. The van der Waals surface area contributed by atoms with E-state index in [1.807, 2.05) is 27.7 Å². The van der Waals surface area contributed by atoms with Crippen molar-refractivity contribution in [2.45, 2.75) is 65.8 Å². The van der Waals surface area contributed by atoms with Crippen LogP contribution in [-0.2, 0) is 16.0 Å². The number of amides is 2. The summed E-state index contributed by atoms with van der Waals surface area (Å²) < 4.78 is 0. The molecule has 152 valence electrons. The van der Waals surface area contributed by atoms with E-state index in [9.17, 15) is 19.5 Å². The topological polar surface area (TPSA) is 95.5 Å². The first-order valence-corrected chi connectivity index (χ1v) is 10.7. The molecule has 0 bridgehead atoms. The molecule has 0 spiro atoms.